The summed E-state index contributed by atoms with van der Waals surface area (Å²) in [6, 6.07) is 0. The maximum atomic E-state index is 13.3. The minimum absolute atomic E-state index is 0.121. The van der Waals surface area contributed by atoms with Gasteiger partial charge in [-0.05, 0) is 56.3 Å². The SMILES string of the molecule is OC(F)(F)C(OC12CC3CC(CC(C3)C1)C2)(C(F)(F)F)C(F)(F)F. The summed E-state index contributed by atoms with van der Waals surface area (Å²) in [5.74, 6) is -0.367. The quantitative estimate of drug-likeness (QED) is 0.748. The average molecular weight is 368 g/mol. The van der Waals surface area contributed by atoms with Gasteiger partial charge in [0, 0.05) is 0 Å². The smallest absolute Gasteiger partial charge is 0.345 e. The zero-order valence-electron chi connectivity index (χ0n) is 12.4. The van der Waals surface area contributed by atoms with E-state index in [0.717, 1.165) is 0 Å². The van der Waals surface area contributed by atoms with Crippen molar-refractivity contribution in [3.63, 3.8) is 0 Å². The lowest BCUT2D eigenvalue weighted by Gasteiger charge is -2.58. The standard InChI is InChI=1S/C14H16F8O2/c15-12(16,17)11(13(18,19)20,14(21,22)23)24-10-4-7-1-8(5-10)3-9(2-7)6-10/h7-9,23H,1-6H2. The minimum atomic E-state index is -6.52. The Bertz CT molecular complexity index is 433. The summed E-state index contributed by atoms with van der Waals surface area (Å²) in [6.45, 7) is 0. The second-order valence-electron chi connectivity index (χ2n) is 7.42. The largest absolute Gasteiger partial charge is 0.435 e. The lowest BCUT2D eigenvalue weighted by molar-refractivity contribution is -0.494. The van der Waals surface area contributed by atoms with Crippen LogP contribution in [0.4, 0.5) is 35.1 Å². The Morgan fingerprint density at radius 3 is 1.29 bits per heavy atom. The van der Waals surface area contributed by atoms with E-state index in [9.17, 15) is 35.1 Å². The molecule has 4 rings (SSSR count). The summed E-state index contributed by atoms with van der Waals surface area (Å²) < 4.78 is 110. The third-order valence-electron chi connectivity index (χ3n) is 5.57. The monoisotopic (exact) mass is 368 g/mol. The molecule has 4 bridgehead atoms. The van der Waals surface area contributed by atoms with Crippen molar-refractivity contribution in [2.45, 2.75) is 68.2 Å². The molecule has 0 spiro atoms. The van der Waals surface area contributed by atoms with Crippen molar-refractivity contribution in [1.29, 1.82) is 0 Å². The van der Waals surface area contributed by atoms with Crippen LogP contribution in [-0.2, 0) is 4.74 Å². The third kappa shape index (κ3) is 2.51. The number of hydrogen-bond donors (Lipinski definition) is 1. The van der Waals surface area contributed by atoms with Crippen LogP contribution in [0, 0.1) is 17.8 Å². The molecule has 4 aliphatic rings. The molecule has 0 heterocycles. The van der Waals surface area contributed by atoms with Crippen molar-refractivity contribution < 1.29 is 45.0 Å². The Morgan fingerprint density at radius 1 is 0.708 bits per heavy atom. The van der Waals surface area contributed by atoms with Crippen molar-refractivity contribution >= 4 is 0 Å². The normalized spacial score (nSPS) is 37.1. The molecule has 0 amide bonds. The van der Waals surface area contributed by atoms with Crippen LogP contribution >= 0.6 is 0 Å². The molecule has 0 unspecified atom stereocenters. The fourth-order valence-electron chi connectivity index (χ4n) is 5.16. The molecular formula is C14H16F8O2. The first-order valence-electron chi connectivity index (χ1n) is 7.63. The zero-order valence-corrected chi connectivity index (χ0v) is 12.4. The molecule has 0 aromatic carbocycles. The van der Waals surface area contributed by atoms with Gasteiger partial charge < -0.3 is 9.84 Å². The molecule has 140 valence electrons. The van der Waals surface area contributed by atoms with Crippen LogP contribution in [0.3, 0.4) is 0 Å². The van der Waals surface area contributed by atoms with E-state index >= 15 is 0 Å². The van der Waals surface area contributed by atoms with E-state index in [4.69, 9.17) is 5.11 Å². The molecule has 0 saturated heterocycles. The van der Waals surface area contributed by atoms with Gasteiger partial charge in [-0.2, -0.15) is 35.1 Å². The first-order chi connectivity index (χ1) is 10.7. The van der Waals surface area contributed by atoms with Gasteiger partial charge in [0.05, 0.1) is 5.60 Å². The van der Waals surface area contributed by atoms with Crippen LogP contribution in [-0.4, -0.2) is 34.8 Å². The van der Waals surface area contributed by atoms with Crippen molar-refractivity contribution in [3.05, 3.63) is 0 Å². The first kappa shape index (κ1) is 18.2. The molecule has 4 saturated carbocycles. The lowest BCUT2D eigenvalue weighted by atomic mass is 9.54. The van der Waals surface area contributed by atoms with Gasteiger partial charge in [-0.25, -0.2) is 0 Å². The summed E-state index contributed by atoms with van der Waals surface area (Å²) in [5.41, 5.74) is -7.84. The van der Waals surface area contributed by atoms with Crippen molar-refractivity contribution in [2.75, 3.05) is 0 Å². The Labute approximate surface area is 132 Å². The zero-order chi connectivity index (χ0) is 18.2. The molecule has 0 aliphatic heterocycles. The Morgan fingerprint density at radius 2 is 1.04 bits per heavy atom. The third-order valence-corrected chi connectivity index (χ3v) is 5.57. The summed E-state index contributed by atoms with van der Waals surface area (Å²) in [6.07, 6.45) is -17.5. The topological polar surface area (TPSA) is 29.5 Å². The van der Waals surface area contributed by atoms with Gasteiger partial charge in [-0.3, -0.25) is 0 Å². The van der Waals surface area contributed by atoms with Gasteiger partial charge in [-0.1, -0.05) is 0 Å². The molecular weight excluding hydrogens is 352 g/mol. The molecule has 0 aromatic heterocycles. The first-order valence-corrected chi connectivity index (χ1v) is 7.63. The van der Waals surface area contributed by atoms with Gasteiger partial charge in [0.2, 0.25) is 0 Å². The van der Waals surface area contributed by atoms with Crippen LogP contribution in [0.15, 0.2) is 0 Å². The summed E-state index contributed by atoms with van der Waals surface area (Å²) in [4.78, 5) is 0. The van der Waals surface area contributed by atoms with Gasteiger partial charge >= 0.3 is 24.1 Å². The lowest BCUT2D eigenvalue weighted by Crippen LogP contribution is -2.73. The highest BCUT2D eigenvalue weighted by Crippen LogP contribution is 2.62. The van der Waals surface area contributed by atoms with E-state index in [1.54, 1.807) is 0 Å². The van der Waals surface area contributed by atoms with Crippen molar-refractivity contribution in [1.82, 2.24) is 0 Å². The highest BCUT2D eigenvalue weighted by Gasteiger charge is 2.86. The van der Waals surface area contributed by atoms with E-state index in [0.29, 0.717) is 19.3 Å². The Balaban J connectivity index is 2.05. The number of alkyl halides is 8. The van der Waals surface area contributed by atoms with E-state index in [-0.39, 0.29) is 37.0 Å². The van der Waals surface area contributed by atoms with Gasteiger partial charge in [0.25, 0.3) is 0 Å². The molecule has 4 fully saturated rings. The van der Waals surface area contributed by atoms with Crippen molar-refractivity contribution in [3.8, 4) is 0 Å². The molecule has 0 aromatic rings. The summed E-state index contributed by atoms with van der Waals surface area (Å²) in [5, 5.41) is 8.60. The summed E-state index contributed by atoms with van der Waals surface area (Å²) in [7, 11) is 0. The Hall–Kier alpha value is -0.640. The molecule has 4 aliphatic carbocycles. The number of halogens is 8. The van der Waals surface area contributed by atoms with E-state index in [1.807, 2.05) is 0 Å². The molecule has 1 N–H and O–H groups in total. The van der Waals surface area contributed by atoms with Crippen molar-refractivity contribution in [2.24, 2.45) is 17.8 Å². The molecule has 2 nitrogen and oxygen atoms in total. The predicted octanol–water partition coefficient (Wildman–Crippen LogP) is 4.42. The van der Waals surface area contributed by atoms with Gasteiger partial charge in [-0.15, -0.1) is 0 Å². The number of hydrogen-bond acceptors (Lipinski definition) is 2. The van der Waals surface area contributed by atoms with Gasteiger partial charge in [0.1, 0.15) is 0 Å². The fraction of sp³-hybridized carbons (Fsp3) is 1.00. The maximum absolute atomic E-state index is 13.3. The van der Waals surface area contributed by atoms with Crippen LogP contribution in [0.2, 0.25) is 0 Å². The second-order valence-corrected chi connectivity index (χ2v) is 7.42. The van der Waals surface area contributed by atoms with Crippen LogP contribution < -0.4 is 0 Å². The van der Waals surface area contributed by atoms with E-state index < -0.39 is 29.7 Å². The number of ether oxygens (including phenoxy) is 1. The second kappa shape index (κ2) is 4.96. The van der Waals surface area contributed by atoms with E-state index in [2.05, 4.69) is 4.74 Å². The average Bonchev–Trinajstić information content (AvgIpc) is 2.29. The number of aliphatic hydroxyl groups is 1. The molecule has 24 heavy (non-hydrogen) atoms. The fourth-order valence-corrected chi connectivity index (χ4v) is 5.16. The summed E-state index contributed by atoms with van der Waals surface area (Å²) >= 11 is 0. The molecule has 0 atom stereocenters. The van der Waals surface area contributed by atoms with Crippen LogP contribution in [0.5, 0.6) is 0 Å². The predicted molar refractivity (Wildman–Crippen MR) is 64.0 cm³/mol. The maximum Gasteiger partial charge on any atom is 0.435 e. The molecule has 0 radical (unpaired) electrons. The highest BCUT2D eigenvalue weighted by molar-refractivity contribution is 5.09. The van der Waals surface area contributed by atoms with Gasteiger partial charge in [0.15, 0.2) is 0 Å². The Kier molecular flexibility index (Phi) is 3.75. The highest BCUT2D eigenvalue weighted by atomic mass is 19.4. The minimum Gasteiger partial charge on any atom is -0.345 e. The molecule has 10 heteroatoms. The van der Waals surface area contributed by atoms with E-state index in [1.165, 1.54) is 0 Å². The van der Waals surface area contributed by atoms with Crippen LogP contribution in [0.25, 0.3) is 0 Å². The number of rotatable bonds is 3. The van der Waals surface area contributed by atoms with Crippen LogP contribution in [0.1, 0.15) is 38.5 Å².